The van der Waals surface area contributed by atoms with Crippen molar-refractivity contribution in [2.24, 2.45) is 0 Å². The van der Waals surface area contributed by atoms with Gasteiger partial charge >= 0.3 is 11.9 Å². The van der Waals surface area contributed by atoms with Gasteiger partial charge in [0.15, 0.2) is 0 Å². The van der Waals surface area contributed by atoms with Crippen LogP contribution >= 0.6 is 0 Å². The highest BCUT2D eigenvalue weighted by Crippen LogP contribution is 2.22. The number of hydrogen-bond acceptors (Lipinski definition) is 1. The Kier molecular flexibility index (Phi) is 3.38. The topological polar surface area (TPSA) is 37.8 Å². The summed E-state index contributed by atoms with van der Waals surface area (Å²) in [6.07, 6.45) is -1.48. The number of alkyl halides is 3. The third-order valence-electron chi connectivity index (χ3n) is 1.83. The van der Waals surface area contributed by atoms with E-state index < -0.39 is 12.6 Å². The van der Waals surface area contributed by atoms with E-state index in [4.69, 9.17) is 0 Å². The van der Waals surface area contributed by atoms with Crippen molar-refractivity contribution in [1.82, 2.24) is 9.55 Å². The molecule has 6 heteroatoms. The Balaban J connectivity index is 2.23. The molecule has 3 nitrogen and oxygen atoms in total. The van der Waals surface area contributed by atoms with Crippen LogP contribution in [0.15, 0.2) is 17.2 Å². The highest BCUT2D eigenvalue weighted by molar-refractivity contribution is 4.75. The summed E-state index contributed by atoms with van der Waals surface area (Å²) in [7, 11) is 0. The largest absolute Gasteiger partial charge is 0.389 e. The maximum Gasteiger partial charge on any atom is 0.389 e. The molecule has 0 saturated carbocycles. The van der Waals surface area contributed by atoms with Gasteiger partial charge in [0, 0.05) is 25.4 Å². The Hall–Kier alpha value is -1.20. The van der Waals surface area contributed by atoms with Crippen molar-refractivity contribution in [2.45, 2.75) is 32.0 Å². The molecule has 0 atom stereocenters. The molecule has 0 unspecified atom stereocenters. The lowest BCUT2D eigenvalue weighted by atomic mass is 10.2. The lowest BCUT2D eigenvalue weighted by Gasteiger charge is -2.05. The summed E-state index contributed by atoms with van der Waals surface area (Å²) in [5.41, 5.74) is -0.281. The van der Waals surface area contributed by atoms with Crippen molar-refractivity contribution < 1.29 is 13.2 Å². The standard InChI is InChI=1S/C8H11F3N2O/c9-8(10,11)3-1-2-5-13-6-4-12-7(13)14/h4,6H,1-3,5H2,(H,12,14). The van der Waals surface area contributed by atoms with Gasteiger partial charge in [0.2, 0.25) is 0 Å². The van der Waals surface area contributed by atoms with Gasteiger partial charge in [-0.15, -0.1) is 0 Å². The van der Waals surface area contributed by atoms with Gasteiger partial charge in [-0.1, -0.05) is 0 Å². The molecule has 1 aromatic heterocycles. The van der Waals surface area contributed by atoms with E-state index in [0.717, 1.165) is 0 Å². The van der Waals surface area contributed by atoms with Crippen LogP contribution in [0.25, 0.3) is 0 Å². The minimum absolute atomic E-state index is 0.0567. The fourth-order valence-corrected chi connectivity index (χ4v) is 1.13. The average Bonchev–Trinajstić information content (AvgIpc) is 2.44. The van der Waals surface area contributed by atoms with Crippen LogP contribution in [0.3, 0.4) is 0 Å². The second-order valence-corrected chi connectivity index (χ2v) is 3.03. The van der Waals surface area contributed by atoms with Crippen LogP contribution in [-0.4, -0.2) is 15.7 Å². The molecule has 0 spiro atoms. The first-order valence-corrected chi connectivity index (χ1v) is 4.29. The Morgan fingerprint density at radius 2 is 2.07 bits per heavy atom. The summed E-state index contributed by atoms with van der Waals surface area (Å²) in [6.45, 7) is 0.332. The zero-order valence-corrected chi connectivity index (χ0v) is 7.47. The summed E-state index contributed by atoms with van der Waals surface area (Å²) in [4.78, 5) is 13.3. The van der Waals surface area contributed by atoms with E-state index in [1.807, 2.05) is 0 Å². The number of imidazole rings is 1. The molecule has 0 aliphatic heterocycles. The molecule has 0 aromatic carbocycles. The predicted octanol–water partition coefficient (Wildman–Crippen LogP) is 1.91. The summed E-state index contributed by atoms with van der Waals surface area (Å²) >= 11 is 0. The SMILES string of the molecule is O=c1[nH]ccn1CCCCC(F)(F)F. The second kappa shape index (κ2) is 4.34. The molecule has 1 aromatic rings. The first-order valence-electron chi connectivity index (χ1n) is 4.29. The highest BCUT2D eigenvalue weighted by Gasteiger charge is 2.25. The third-order valence-corrected chi connectivity index (χ3v) is 1.83. The van der Waals surface area contributed by atoms with E-state index >= 15 is 0 Å². The van der Waals surface area contributed by atoms with Gasteiger partial charge in [-0.2, -0.15) is 13.2 Å². The maximum absolute atomic E-state index is 11.7. The number of unbranched alkanes of at least 4 members (excludes halogenated alkanes) is 1. The van der Waals surface area contributed by atoms with Crippen LogP contribution in [0.5, 0.6) is 0 Å². The first-order chi connectivity index (χ1) is 6.49. The van der Waals surface area contributed by atoms with E-state index in [9.17, 15) is 18.0 Å². The highest BCUT2D eigenvalue weighted by atomic mass is 19.4. The number of nitrogens with one attached hydrogen (secondary N) is 1. The van der Waals surface area contributed by atoms with Gasteiger partial charge in [-0.25, -0.2) is 4.79 Å². The molecule has 0 saturated heterocycles. The van der Waals surface area contributed by atoms with Gasteiger partial charge in [-0.05, 0) is 12.8 Å². The molecule has 0 amide bonds. The lowest BCUT2D eigenvalue weighted by molar-refractivity contribution is -0.135. The number of halogens is 3. The van der Waals surface area contributed by atoms with Gasteiger partial charge in [0.25, 0.3) is 0 Å². The van der Waals surface area contributed by atoms with Crippen LogP contribution in [0.2, 0.25) is 0 Å². The Bertz CT molecular complexity index is 326. The van der Waals surface area contributed by atoms with Crippen LogP contribution in [0.1, 0.15) is 19.3 Å². The van der Waals surface area contributed by atoms with E-state index in [-0.39, 0.29) is 12.1 Å². The molecule has 1 rings (SSSR count). The van der Waals surface area contributed by atoms with Crippen molar-refractivity contribution >= 4 is 0 Å². The molecular formula is C8H11F3N2O. The molecule has 14 heavy (non-hydrogen) atoms. The van der Waals surface area contributed by atoms with Crippen molar-refractivity contribution in [3.8, 4) is 0 Å². The molecule has 0 bridgehead atoms. The van der Waals surface area contributed by atoms with Crippen LogP contribution in [-0.2, 0) is 6.54 Å². The number of aromatic nitrogens is 2. The fourth-order valence-electron chi connectivity index (χ4n) is 1.13. The molecule has 0 aliphatic rings. The van der Waals surface area contributed by atoms with E-state index in [2.05, 4.69) is 4.98 Å². The number of H-pyrrole nitrogens is 1. The summed E-state index contributed by atoms with van der Waals surface area (Å²) in [5, 5.41) is 0. The van der Waals surface area contributed by atoms with Gasteiger partial charge in [0.1, 0.15) is 0 Å². The molecule has 1 heterocycles. The lowest BCUT2D eigenvalue weighted by Crippen LogP contribution is -2.16. The quantitative estimate of drug-likeness (QED) is 0.754. The van der Waals surface area contributed by atoms with Crippen molar-refractivity contribution in [2.75, 3.05) is 0 Å². The van der Waals surface area contributed by atoms with Crippen molar-refractivity contribution in [3.63, 3.8) is 0 Å². The number of rotatable bonds is 4. The molecule has 0 aliphatic carbocycles. The van der Waals surface area contributed by atoms with Crippen molar-refractivity contribution in [3.05, 3.63) is 22.9 Å². The minimum atomic E-state index is -4.09. The number of nitrogens with zero attached hydrogens (tertiary/aromatic N) is 1. The van der Waals surface area contributed by atoms with Gasteiger partial charge in [0.05, 0.1) is 0 Å². The number of aromatic amines is 1. The van der Waals surface area contributed by atoms with Crippen LogP contribution in [0.4, 0.5) is 13.2 Å². The second-order valence-electron chi connectivity index (χ2n) is 3.03. The number of aryl methyl sites for hydroxylation is 1. The normalized spacial score (nSPS) is 11.9. The Morgan fingerprint density at radius 1 is 1.36 bits per heavy atom. The maximum atomic E-state index is 11.7. The molecule has 0 fully saturated rings. The van der Waals surface area contributed by atoms with E-state index in [1.54, 1.807) is 0 Å². The Labute approximate surface area is 78.6 Å². The molecule has 0 radical (unpaired) electrons. The zero-order chi connectivity index (χ0) is 10.6. The monoisotopic (exact) mass is 208 g/mol. The predicted molar refractivity (Wildman–Crippen MR) is 45.0 cm³/mol. The van der Waals surface area contributed by atoms with Crippen LogP contribution < -0.4 is 5.69 Å². The fraction of sp³-hybridized carbons (Fsp3) is 0.625. The van der Waals surface area contributed by atoms with Crippen LogP contribution in [0, 0.1) is 0 Å². The third kappa shape index (κ3) is 3.68. The van der Waals surface area contributed by atoms with Gasteiger partial charge in [-0.3, -0.25) is 4.57 Å². The molecule has 1 N–H and O–H groups in total. The minimum Gasteiger partial charge on any atom is -0.313 e. The summed E-state index contributed by atoms with van der Waals surface area (Å²) in [5.74, 6) is 0. The first kappa shape index (κ1) is 10.9. The zero-order valence-electron chi connectivity index (χ0n) is 7.47. The summed E-state index contributed by atoms with van der Waals surface area (Å²) < 4.78 is 36.5. The van der Waals surface area contributed by atoms with Crippen molar-refractivity contribution in [1.29, 1.82) is 0 Å². The Morgan fingerprint density at radius 3 is 2.57 bits per heavy atom. The summed E-state index contributed by atoms with van der Waals surface area (Å²) in [6, 6.07) is 0. The van der Waals surface area contributed by atoms with E-state index in [0.29, 0.717) is 13.0 Å². The van der Waals surface area contributed by atoms with Gasteiger partial charge < -0.3 is 4.98 Å². The smallest absolute Gasteiger partial charge is 0.313 e. The van der Waals surface area contributed by atoms with E-state index in [1.165, 1.54) is 17.0 Å². The average molecular weight is 208 g/mol. The molecular weight excluding hydrogens is 197 g/mol. The number of hydrogen-bond donors (Lipinski definition) is 1. The molecule has 80 valence electrons.